The number of likely N-dealkylation sites (tertiary alicyclic amines) is 1. The highest BCUT2D eigenvalue weighted by Gasteiger charge is 2.48. The fourth-order valence-corrected chi connectivity index (χ4v) is 9.99. The second-order valence-electron chi connectivity index (χ2n) is 16.1. The van der Waals surface area contributed by atoms with Crippen molar-refractivity contribution in [3.8, 4) is 5.75 Å². The Labute approximate surface area is 341 Å². The average Bonchev–Trinajstić information content (AvgIpc) is 3.90. The van der Waals surface area contributed by atoms with Gasteiger partial charge < -0.3 is 14.9 Å². The first-order valence-electron chi connectivity index (χ1n) is 20.2. The molecule has 5 aliphatic rings. The number of nitrogens with zero attached hydrogens (tertiary/aromatic N) is 4. The Kier molecular flexibility index (Phi) is 10.3. The maximum Gasteiger partial charge on any atom is 0.262 e. The van der Waals surface area contributed by atoms with Crippen LogP contribution in [0, 0.1) is 11.7 Å². The molecule has 58 heavy (non-hydrogen) atoms. The zero-order valence-electron chi connectivity index (χ0n) is 32.1. The van der Waals surface area contributed by atoms with Crippen molar-refractivity contribution in [3.63, 3.8) is 0 Å². The number of imide groups is 2. The first-order valence-corrected chi connectivity index (χ1v) is 20.8. The van der Waals surface area contributed by atoms with Crippen molar-refractivity contribution in [2.24, 2.45) is 5.92 Å². The number of benzene rings is 4. The van der Waals surface area contributed by atoms with Crippen molar-refractivity contribution in [1.29, 1.82) is 0 Å². The van der Waals surface area contributed by atoms with Crippen LogP contribution in [0.2, 0.25) is 0 Å². The second kappa shape index (κ2) is 15.7. The summed E-state index contributed by atoms with van der Waals surface area (Å²) in [5, 5.41) is 12.2. The van der Waals surface area contributed by atoms with Crippen LogP contribution in [0.5, 0.6) is 5.75 Å². The normalized spacial score (nSPS) is 22.8. The van der Waals surface area contributed by atoms with E-state index in [0.29, 0.717) is 30.5 Å². The minimum absolute atomic E-state index is 0.0267. The predicted molar refractivity (Wildman–Crippen MR) is 221 cm³/mol. The lowest BCUT2D eigenvalue weighted by Crippen LogP contribution is -2.54. The van der Waals surface area contributed by atoms with Gasteiger partial charge in [-0.1, -0.05) is 54.6 Å². The Morgan fingerprint density at radius 1 is 0.793 bits per heavy atom. The number of amides is 4. The molecule has 4 amide bonds. The summed E-state index contributed by atoms with van der Waals surface area (Å²) in [7, 11) is 0. The van der Waals surface area contributed by atoms with Crippen LogP contribution in [-0.4, -0.2) is 95.3 Å². The molecule has 5 aliphatic heterocycles. The molecule has 2 bridgehead atoms. The number of halogens is 2. The Morgan fingerprint density at radius 2 is 1.47 bits per heavy atom. The van der Waals surface area contributed by atoms with Gasteiger partial charge >= 0.3 is 0 Å². The summed E-state index contributed by atoms with van der Waals surface area (Å²) < 4.78 is 15.7. The van der Waals surface area contributed by atoms with Crippen molar-refractivity contribution >= 4 is 57.8 Å². The maximum absolute atomic E-state index is 15.7. The summed E-state index contributed by atoms with van der Waals surface area (Å²) in [4.78, 5) is 58.7. The molecule has 4 aromatic carbocycles. The molecule has 4 aromatic rings. The number of piperidine rings is 2. The van der Waals surface area contributed by atoms with Crippen molar-refractivity contribution in [2.45, 2.75) is 56.7 Å². The number of alkyl halides is 1. The van der Waals surface area contributed by atoms with E-state index in [1.54, 1.807) is 12.1 Å². The van der Waals surface area contributed by atoms with Gasteiger partial charge in [-0.2, -0.15) is 0 Å². The van der Waals surface area contributed by atoms with Crippen LogP contribution in [0.15, 0.2) is 91.0 Å². The van der Waals surface area contributed by atoms with Crippen LogP contribution in [0.3, 0.4) is 0 Å². The van der Waals surface area contributed by atoms with E-state index in [9.17, 15) is 24.3 Å². The van der Waals surface area contributed by atoms with Gasteiger partial charge in [0.2, 0.25) is 11.8 Å². The lowest BCUT2D eigenvalue weighted by molar-refractivity contribution is -0.136. The molecule has 0 saturated carbocycles. The van der Waals surface area contributed by atoms with Crippen LogP contribution in [0.25, 0.3) is 11.1 Å². The number of nitrogens with one attached hydrogen (secondary N) is 1. The molecule has 0 radical (unpaired) electrons. The molecule has 4 fully saturated rings. The van der Waals surface area contributed by atoms with Crippen LogP contribution in [0.1, 0.15) is 75.9 Å². The fraction of sp³-hybridized carbons (Fsp3) is 0.348. The summed E-state index contributed by atoms with van der Waals surface area (Å²) in [5.41, 5.74) is 7.09. The highest BCUT2D eigenvalue weighted by molar-refractivity contribution is 6.24. The molecule has 0 spiro atoms. The van der Waals surface area contributed by atoms with E-state index in [4.69, 9.17) is 11.6 Å². The van der Waals surface area contributed by atoms with Crippen molar-refractivity contribution in [2.75, 3.05) is 48.4 Å². The van der Waals surface area contributed by atoms with E-state index >= 15 is 4.39 Å². The molecule has 3 atom stereocenters. The highest BCUT2D eigenvalue weighted by Crippen LogP contribution is 2.41. The number of hydrogen-bond donors (Lipinski definition) is 2. The van der Waals surface area contributed by atoms with Gasteiger partial charge in [0.05, 0.1) is 16.8 Å². The van der Waals surface area contributed by atoms with E-state index in [1.165, 1.54) is 11.8 Å². The van der Waals surface area contributed by atoms with Crippen molar-refractivity contribution < 1.29 is 28.7 Å². The summed E-state index contributed by atoms with van der Waals surface area (Å²) in [6, 6.07) is 28.4. The number of carbonyl (C=O) groups excluding carboxylic acids is 4. The lowest BCUT2D eigenvalue weighted by atomic mass is 9.88. The maximum atomic E-state index is 15.7. The zero-order chi connectivity index (χ0) is 40.1. The molecule has 0 aromatic heterocycles. The number of aromatic hydroxyl groups is 1. The Balaban J connectivity index is 0.831. The quantitative estimate of drug-likeness (QED) is 0.104. The molecule has 10 nitrogen and oxygen atoms in total. The summed E-state index contributed by atoms with van der Waals surface area (Å²) in [6.07, 6.45) is 3.84. The number of fused-ring (bicyclic) bond motifs is 3. The molecular weight excluding hydrogens is 757 g/mol. The first kappa shape index (κ1) is 38.0. The van der Waals surface area contributed by atoms with Gasteiger partial charge in [-0.3, -0.25) is 34.3 Å². The number of piperazine rings is 1. The molecule has 4 saturated heterocycles. The largest absolute Gasteiger partial charge is 0.508 e. The van der Waals surface area contributed by atoms with Gasteiger partial charge in [0.25, 0.3) is 11.8 Å². The standard InChI is InChI=1S/C46H45ClFN5O5/c47-19-16-36(29-4-2-1-3-5-29)43(31-8-12-35(54)13-9-31)30-6-10-32(11-7-30)50-20-17-28(18-21-50)25-51-26-34-22-33(51)27-52(34)41-24-38-37(23-39(41)48)45(57)53(46(38)58)40-14-15-42(55)49-44(40)56/h1-13,23-24,28,33-34,40,54H,14-22,25-27H2,(H,49,55,56). The number of carbonyl (C=O) groups is 4. The van der Waals surface area contributed by atoms with Gasteiger partial charge in [0.1, 0.15) is 17.6 Å². The molecule has 3 unspecified atom stereocenters. The van der Waals surface area contributed by atoms with Gasteiger partial charge in [0.15, 0.2) is 0 Å². The van der Waals surface area contributed by atoms with Gasteiger partial charge in [-0.15, -0.1) is 11.6 Å². The third-order valence-corrected chi connectivity index (χ3v) is 12.9. The number of anilines is 2. The van der Waals surface area contributed by atoms with Crippen LogP contribution in [0.4, 0.5) is 15.8 Å². The topological polar surface area (TPSA) is 114 Å². The third-order valence-electron chi connectivity index (χ3n) is 12.7. The number of allylic oxidation sites excluding steroid dienone is 1. The lowest BCUT2D eigenvalue weighted by Gasteiger charge is -2.40. The summed E-state index contributed by atoms with van der Waals surface area (Å²) >= 11 is 6.36. The van der Waals surface area contributed by atoms with E-state index in [0.717, 1.165) is 84.2 Å². The molecule has 9 rings (SSSR count). The van der Waals surface area contributed by atoms with Crippen LogP contribution >= 0.6 is 11.6 Å². The first-order chi connectivity index (χ1) is 28.2. The van der Waals surface area contributed by atoms with E-state index in [2.05, 4.69) is 51.5 Å². The number of hydrogen-bond acceptors (Lipinski definition) is 8. The molecular formula is C46H45ClFN5O5. The zero-order valence-corrected chi connectivity index (χ0v) is 32.8. The van der Waals surface area contributed by atoms with E-state index < -0.39 is 35.5 Å². The fourth-order valence-electron chi connectivity index (χ4n) is 9.80. The second-order valence-corrected chi connectivity index (χ2v) is 16.5. The Hall–Kier alpha value is -5.52. The predicted octanol–water partition coefficient (Wildman–Crippen LogP) is 6.70. The smallest absolute Gasteiger partial charge is 0.262 e. The van der Waals surface area contributed by atoms with E-state index in [1.807, 2.05) is 35.2 Å². The molecule has 12 heteroatoms. The summed E-state index contributed by atoms with van der Waals surface area (Å²) in [6.45, 7) is 4.37. The van der Waals surface area contributed by atoms with Crippen molar-refractivity contribution in [3.05, 3.63) is 125 Å². The monoisotopic (exact) mass is 801 g/mol. The number of rotatable bonds is 10. The average molecular weight is 802 g/mol. The Morgan fingerprint density at radius 3 is 2.10 bits per heavy atom. The van der Waals surface area contributed by atoms with E-state index in [-0.39, 0.29) is 41.8 Å². The van der Waals surface area contributed by atoms with Gasteiger partial charge in [0, 0.05) is 62.8 Å². The number of phenolic OH excluding ortho intramolecular Hbond substituents is 1. The van der Waals surface area contributed by atoms with Crippen molar-refractivity contribution in [1.82, 2.24) is 15.1 Å². The Bertz CT molecular complexity index is 2290. The van der Waals surface area contributed by atoms with Gasteiger partial charge in [-0.25, -0.2) is 4.39 Å². The minimum Gasteiger partial charge on any atom is -0.508 e. The van der Waals surface area contributed by atoms with Gasteiger partial charge in [-0.05, 0) is 102 Å². The third kappa shape index (κ3) is 7.04. The molecule has 5 heterocycles. The van der Waals surface area contributed by atoms with Crippen LogP contribution in [-0.2, 0) is 9.59 Å². The minimum atomic E-state index is -1.09. The molecule has 0 aliphatic carbocycles. The number of phenols is 1. The molecule has 298 valence electrons. The molecule has 2 N–H and O–H groups in total. The SMILES string of the molecule is O=C1CCC(N2C(=O)c3cc(F)c(N4CC5CC4CN5CC4CCN(c5ccc(C(=C(CCCl)c6ccccc6)c6ccc(O)cc6)cc5)CC4)cc3C2=O)C(=O)N1. The van der Waals surface area contributed by atoms with Crippen LogP contribution < -0.4 is 15.1 Å². The summed E-state index contributed by atoms with van der Waals surface area (Å²) in [5.74, 6) is -1.74. The highest BCUT2D eigenvalue weighted by atomic mass is 35.5.